The normalized spacial score (nSPS) is 30.0. The van der Waals surface area contributed by atoms with Crippen molar-refractivity contribution in [2.45, 2.75) is 137 Å². The van der Waals surface area contributed by atoms with E-state index in [9.17, 15) is 33.9 Å². The molecule has 15 nitrogen and oxygen atoms in total. The van der Waals surface area contributed by atoms with Crippen LogP contribution in [0.1, 0.15) is 105 Å². The molecule has 5 aliphatic rings. The average molecular weight is 916 g/mol. The molecule has 0 radical (unpaired) electrons. The zero-order valence-electron chi connectivity index (χ0n) is 39.3. The van der Waals surface area contributed by atoms with Crippen LogP contribution in [0.4, 0.5) is 0 Å². The predicted octanol–water partition coefficient (Wildman–Crippen LogP) is 4.17. The first kappa shape index (κ1) is 48.3. The molecule has 0 bridgehead atoms. The van der Waals surface area contributed by atoms with Crippen molar-refractivity contribution in [3.8, 4) is 10.4 Å². The van der Waals surface area contributed by atoms with Crippen LogP contribution in [0.2, 0.25) is 0 Å². The van der Waals surface area contributed by atoms with Gasteiger partial charge < -0.3 is 41.3 Å². The Bertz CT molecular complexity index is 2170. The van der Waals surface area contributed by atoms with E-state index in [1.54, 1.807) is 36.8 Å². The summed E-state index contributed by atoms with van der Waals surface area (Å²) in [7, 11) is 0. The lowest BCUT2D eigenvalue weighted by Gasteiger charge is -2.58. The van der Waals surface area contributed by atoms with Crippen LogP contribution in [0.3, 0.4) is 0 Å². The number of aromatic nitrogens is 1. The van der Waals surface area contributed by atoms with Gasteiger partial charge in [-0.15, -0.1) is 11.3 Å². The van der Waals surface area contributed by atoms with Crippen molar-refractivity contribution in [1.29, 1.82) is 0 Å². The van der Waals surface area contributed by atoms with Crippen molar-refractivity contribution < 1.29 is 38.6 Å². The lowest BCUT2D eigenvalue weighted by Crippen LogP contribution is -2.60. The molecule has 6 amide bonds. The van der Waals surface area contributed by atoms with E-state index in [-0.39, 0.29) is 79.8 Å². The molecule has 2 aromatic rings. The van der Waals surface area contributed by atoms with Crippen molar-refractivity contribution in [2.75, 3.05) is 26.3 Å². The second kappa shape index (κ2) is 18.9. The van der Waals surface area contributed by atoms with E-state index in [0.29, 0.717) is 17.8 Å². The van der Waals surface area contributed by atoms with Crippen molar-refractivity contribution in [2.24, 2.45) is 39.9 Å². The number of aliphatic hydroxyl groups excluding tert-OH is 1. The molecule has 4 fully saturated rings. The monoisotopic (exact) mass is 915 g/mol. The second-order valence-corrected chi connectivity index (χ2v) is 22.1. The van der Waals surface area contributed by atoms with E-state index in [1.807, 2.05) is 52.0 Å². The van der Waals surface area contributed by atoms with Gasteiger partial charge in [0.25, 0.3) is 0 Å². The molecular formula is C49H69N7O8S. The van der Waals surface area contributed by atoms with Crippen molar-refractivity contribution >= 4 is 46.8 Å². The Morgan fingerprint density at radius 3 is 2.42 bits per heavy atom. The van der Waals surface area contributed by atoms with E-state index in [0.717, 1.165) is 60.2 Å². The number of thiazole rings is 1. The largest absolute Gasteiger partial charge is 0.391 e. The minimum absolute atomic E-state index is 0.00899. The molecule has 6 N–H and O–H groups in total. The van der Waals surface area contributed by atoms with Crippen LogP contribution >= 0.6 is 11.3 Å². The highest BCUT2D eigenvalue weighted by Gasteiger charge is 2.61. The molecule has 0 spiro atoms. The van der Waals surface area contributed by atoms with Gasteiger partial charge in [0.2, 0.25) is 35.4 Å². The van der Waals surface area contributed by atoms with Gasteiger partial charge in [-0.3, -0.25) is 28.8 Å². The molecule has 1 aromatic heterocycles. The van der Waals surface area contributed by atoms with Gasteiger partial charge in [-0.05, 0) is 105 Å². The maximum atomic E-state index is 14.0. The summed E-state index contributed by atoms with van der Waals surface area (Å²) in [5.41, 5.74) is 2.49. The van der Waals surface area contributed by atoms with Gasteiger partial charge in [-0.25, -0.2) is 4.98 Å². The molecule has 16 heteroatoms. The number of fused-ring (bicyclic) bond motifs is 5. The molecule has 0 unspecified atom stereocenters. The average Bonchev–Trinajstić information content (AvgIpc) is 3.97. The number of ether oxygens (including phenoxy) is 1. The van der Waals surface area contributed by atoms with Crippen LogP contribution in [0.5, 0.6) is 0 Å². The quantitative estimate of drug-likeness (QED) is 0.150. The fourth-order valence-electron chi connectivity index (χ4n) is 11.8. The summed E-state index contributed by atoms with van der Waals surface area (Å²) in [5, 5.41) is 25.4. The first-order chi connectivity index (χ1) is 30.6. The number of nitrogens with one attached hydrogen (secondary N) is 5. The lowest BCUT2D eigenvalue weighted by atomic mass is 9.48. The highest BCUT2D eigenvalue weighted by Crippen LogP contribution is 2.65. The number of aryl methyl sites for hydroxylation is 1. The lowest BCUT2D eigenvalue weighted by molar-refractivity contribution is -0.144. The third-order valence-electron chi connectivity index (χ3n) is 15.5. The summed E-state index contributed by atoms with van der Waals surface area (Å²) in [4.78, 5) is 86.9. The summed E-state index contributed by atoms with van der Waals surface area (Å²) in [6, 6.07) is 6.05. The van der Waals surface area contributed by atoms with Gasteiger partial charge in [0.05, 0.1) is 28.8 Å². The van der Waals surface area contributed by atoms with Crippen molar-refractivity contribution in [3.63, 3.8) is 0 Å². The molecule has 3 heterocycles. The highest BCUT2D eigenvalue weighted by molar-refractivity contribution is 7.13. The summed E-state index contributed by atoms with van der Waals surface area (Å²) in [6.45, 7) is 15.2. The highest BCUT2D eigenvalue weighted by atomic mass is 32.1. The van der Waals surface area contributed by atoms with E-state index >= 15 is 0 Å². The number of hydrogen-bond acceptors (Lipinski definition) is 10. The molecule has 7 rings (SSSR count). The molecule has 65 heavy (non-hydrogen) atoms. The Morgan fingerprint density at radius 1 is 0.985 bits per heavy atom. The maximum Gasteiger partial charge on any atom is 0.246 e. The standard InChI is InChI=1S/C49H69N7O8S/c1-28-40(65-27-52-28)30-11-9-29(10-12-30)24-51-43(61)36-23-31(57)25-56(36)44(62)41(46(2,3)4)54-39(59)26-64-22-21-50-45(63)47(5,6)55-42(60)35-15-14-33-32-13-16-37-49(8,20-18-38(58)53-37)34(32)17-19-48(33,35)7/h9-12,18,20,27,31-37,41,57H,13-17,19,21-26H2,1-8H3,(H,50,63)(H,51,61)(H,53,58)(H,54,59)(H,55,60)/t31-,32+,33+,34+,35-,36+,37-,41-,48+,49-/m1/s1. The van der Waals surface area contributed by atoms with Crippen LogP contribution in [-0.2, 0) is 40.0 Å². The number of rotatable bonds is 14. The Morgan fingerprint density at radius 2 is 1.72 bits per heavy atom. The second-order valence-electron chi connectivity index (χ2n) is 21.3. The van der Waals surface area contributed by atoms with Crippen LogP contribution in [0, 0.1) is 46.8 Å². The van der Waals surface area contributed by atoms with Gasteiger partial charge >= 0.3 is 0 Å². The number of hydrogen-bond donors (Lipinski definition) is 6. The Labute approximate surface area is 387 Å². The van der Waals surface area contributed by atoms with Crippen LogP contribution < -0.4 is 26.6 Å². The molecule has 10 atom stereocenters. The SMILES string of the molecule is Cc1ncsc1-c1ccc(CNC(=O)[C@@H]2C[C@@H](O)CN2C(=O)[C@@H](NC(=O)COCCNC(=O)C(C)(C)NC(=O)[C@H]2CC[C@H]3[C@@H]4CC[C@H]5NC(=O)C=C[C@]5(C)[C@H]4CC[C@]23C)C(C)(C)C)cc1. The minimum atomic E-state index is -1.19. The van der Waals surface area contributed by atoms with Crippen LogP contribution in [0.15, 0.2) is 41.9 Å². The fraction of sp³-hybridized carbons (Fsp3) is 0.653. The molecule has 3 aliphatic carbocycles. The summed E-state index contributed by atoms with van der Waals surface area (Å²) in [6.07, 6.45) is 8.65. The summed E-state index contributed by atoms with van der Waals surface area (Å²) < 4.78 is 5.61. The number of likely N-dealkylation sites (tertiary alicyclic amines) is 1. The third-order valence-corrected chi connectivity index (χ3v) is 16.5. The number of β-amino-alcohol motifs (C(OH)–C–C–N with tert-alkyl or cyclic N) is 1. The number of benzene rings is 1. The predicted molar refractivity (Wildman–Crippen MR) is 247 cm³/mol. The van der Waals surface area contributed by atoms with Gasteiger partial charge in [0.15, 0.2) is 0 Å². The molecule has 1 saturated heterocycles. The Kier molecular flexibility index (Phi) is 14.0. The van der Waals surface area contributed by atoms with Gasteiger partial charge in [-0.2, -0.15) is 0 Å². The molecule has 1 aromatic carbocycles. The van der Waals surface area contributed by atoms with E-state index in [2.05, 4.69) is 51.5 Å². The fourth-order valence-corrected chi connectivity index (χ4v) is 12.6. The number of carbonyl (C=O) groups is 6. The Balaban J connectivity index is 0.851. The Hall–Kier alpha value is -4.67. The van der Waals surface area contributed by atoms with E-state index < -0.39 is 46.9 Å². The zero-order valence-corrected chi connectivity index (χ0v) is 40.1. The van der Waals surface area contributed by atoms with Gasteiger partial charge in [-0.1, -0.05) is 65.0 Å². The third kappa shape index (κ3) is 10.0. The van der Waals surface area contributed by atoms with Crippen molar-refractivity contribution in [3.05, 3.63) is 53.2 Å². The smallest absolute Gasteiger partial charge is 0.246 e. The molecule has 3 saturated carbocycles. The summed E-state index contributed by atoms with van der Waals surface area (Å²) in [5.74, 6) is -0.767. The molecule has 2 aliphatic heterocycles. The molecule has 354 valence electrons. The molecular weight excluding hydrogens is 847 g/mol. The van der Waals surface area contributed by atoms with E-state index in [4.69, 9.17) is 4.74 Å². The summed E-state index contributed by atoms with van der Waals surface area (Å²) >= 11 is 1.57. The van der Waals surface area contributed by atoms with Gasteiger partial charge in [0.1, 0.15) is 24.2 Å². The number of nitrogens with zero attached hydrogens (tertiary/aromatic N) is 2. The van der Waals surface area contributed by atoms with Crippen molar-refractivity contribution in [1.82, 2.24) is 36.5 Å². The maximum absolute atomic E-state index is 14.0. The van der Waals surface area contributed by atoms with E-state index in [1.165, 1.54) is 4.90 Å². The van der Waals surface area contributed by atoms with Crippen LogP contribution in [0.25, 0.3) is 10.4 Å². The minimum Gasteiger partial charge on any atom is -0.391 e. The first-order valence-corrected chi connectivity index (χ1v) is 24.2. The zero-order chi connectivity index (χ0) is 47.1. The number of amides is 6. The first-order valence-electron chi connectivity index (χ1n) is 23.3. The van der Waals surface area contributed by atoms with Gasteiger partial charge in [0, 0.05) is 43.4 Å². The topological polar surface area (TPSA) is 208 Å². The number of carbonyl (C=O) groups excluding carboxylic acids is 6. The number of aliphatic hydroxyl groups is 1. The van der Waals surface area contributed by atoms with Crippen LogP contribution in [-0.4, -0.2) is 107 Å².